The first-order valence-corrected chi connectivity index (χ1v) is 4.58. The van der Waals surface area contributed by atoms with Crippen LogP contribution in [0.15, 0.2) is 18.2 Å². The lowest BCUT2D eigenvalue weighted by Gasteiger charge is -2.13. The SMILES string of the molecule is COC(=O)c1ccc(B(O)O)cc1OC(F)(F)F. The molecule has 0 radical (unpaired) electrons. The third-order valence-electron chi connectivity index (χ3n) is 1.93. The number of esters is 1. The van der Waals surface area contributed by atoms with Crippen LogP contribution in [0.4, 0.5) is 13.2 Å². The van der Waals surface area contributed by atoms with Gasteiger partial charge in [0, 0.05) is 0 Å². The Kier molecular flexibility index (Phi) is 4.20. The van der Waals surface area contributed by atoms with Gasteiger partial charge in [0.1, 0.15) is 11.3 Å². The van der Waals surface area contributed by atoms with Gasteiger partial charge >= 0.3 is 19.5 Å². The highest BCUT2D eigenvalue weighted by Crippen LogP contribution is 2.26. The van der Waals surface area contributed by atoms with E-state index >= 15 is 0 Å². The minimum atomic E-state index is -5.01. The largest absolute Gasteiger partial charge is 0.573 e. The van der Waals surface area contributed by atoms with Crippen LogP contribution in [0.1, 0.15) is 10.4 Å². The Labute approximate surface area is 99.9 Å². The second kappa shape index (κ2) is 5.28. The summed E-state index contributed by atoms with van der Waals surface area (Å²) >= 11 is 0. The van der Waals surface area contributed by atoms with E-state index in [1.54, 1.807) is 0 Å². The molecule has 2 N–H and O–H groups in total. The molecule has 1 aromatic rings. The molecular formula is C9H8BF3O5. The van der Waals surface area contributed by atoms with Gasteiger partial charge in [-0.1, -0.05) is 6.07 Å². The summed E-state index contributed by atoms with van der Waals surface area (Å²) in [5, 5.41) is 17.7. The van der Waals surface area contributed by atoms with Crippen LogP contribution >= 0.6 is 0 Å². The monoisotopic (exact) mass is 264 g/mol. The first kappa shape index (κ1) is 14.3. The van der Waals surface area contributed by atoms with Crippen LogP contribution in [-0.2, 0) is 4.74 Å². The number of carbonyl (C=O) groups is 1. The van der Waals surface area contributed by atoms with Gasteiger partial charge in [0.15, 0.2) is 0 Å². The molecule has 0 unspecified atom stereocenters. The fraction of sp³-hybridized carbons (Fsp3) is 0.222. The Morgan fingerprint density at radius 1 is 1.33 bits per heavy atom. The van der Waals surface area contributed by atoms with E-state index in [1.807, 2.05) is 0 Å². The Hall–Kier alpha value is -1.74. The molecule has 1 aromatic carbocycles. The van der Waals surface area contributed by atoms with Gasteiger partial charge in [-0.25, -0.2) is 4.79 Å². The summed E-state index contributed by atoms with van der Waals surface area (Å²) in [6.45, 7) is 0. The van der Waals surface area contributed by atoms with Crippen LogP contribution < -0.4 is 10.2 Å². The van der Waals surface area contributed by atoms with E-state index in [2.05, 4.69) is 9.47 Å². The summed E-state index contributed by atoms with van der Waals surface area (Å²) in [6.07, 6.45) is -5.01. The van der Waals surface area contributed by atoms with Crippen LogP contribution in [0.25, 0.3) is 0 Å². The van der Waals surface area contributed by atoms with E-state index in [1.165, 1.54) is 0 Å². The normalized spacial score (nSPS) is 11.0. The molecule has 18 heavy (non-hydrogen) atoms. The summed E-state index contributed by atoms with van der Waals surface area (Å²) in [4.78, 5) is 11.2. The van der Waals surface area contributed by atoms with Crippen molar-refractivity contribution in [2.75, 3.05) is 7.11 Å². The highest BCUT2D eigenvalue weighted by Gasteiger charge is 2.33. The number of hydrogen-bond donors (Lipinski definition) is 2. The zero-order valence-corrected chi connectivity index (χ0v) is 9.06. The first-order chi connectivity index (χ1) is 8.24. The van der Waals surface area contributed by atoms with Crippen LogP contribution in [0.2, 0.25) is 0 Å². The average Bonchev–Trinajstić information content (AvgIpc) is 2.25. The number of hydrogen-bond acceptors (Lipinski definition) is 5. The Balaban J connectivity index is 3.22. The maximum absolute atomic E-state index is 12.1. The number of methoxy groups -OCH3 is 1. The lowest BCUT2D eigenvalue weighted by atomic mass is 9.80. The fourth-order valence-corrected chi connectivity index (χ4v) is 1.19. The Morgan fingerprint density at radius 2 is 1.94 bits per heavy atom. The van der Waals surface area contributed by atoms with Gasteiger partial charge in [-0.3, -0.25) is 0 Å². The molecule has 0 atom stereocenters. The minimum absolute atomic E-state index is 0.248. The van der Waals surface area contributed by atoms with Gasteiger partial charge in [0.2, 0.25) is 0 Å². The standard InChI is InChI=1S/C9H8BF3O5/c1-17-8(14)6-3-2-5(10(15)16)4-7(6)18-9(11,12)13/h2-4,15-16H,1H3. The van der Waals surface area contributed by atoms with E-state index in [0.717, 1.165) is 19.2 Å². The molecule has 0 fully saturated rings. The second-order valence-electron chi connectivity index (χ2n) is 3.17. The van der Waals surface area contributed by atoms with Gasteiger partial charge < -0.3 is 19.5 Å². The van der Waals surface area contributed by atoms with Crippen molar-refractivity contribution in [3.05, 3.63) is 23.8 Å². The maximum atomic E-state index is 12.1. The third-order valence-corrected chi connectivity index (χ3v) is 1.93. The zero-order valence-electron chi connectivity index (χ0n) is 9.06. The van der Waals surface area contributed by atoms with Crippen LogP contribution in [0.3, 0.4) is 0 Å². The smallest absolute Gasteiger partial charge is 0.465 e. The molecule has 0 bridgehead atoms. The van der Waals surface area contributed by atoms with Crippen molar-refractivity contribution in [3.63, 3.8) is 0 Å². The molecule has 0 amide bonds. The molecular weight excluding hydrogens is 256 g/mol. The van der Waals surface area contributed by atoms with E-state index in [-0.39, 0.29) is 5.46 Å². The van der Waals surface area contributed by atoms with Crippen LogP contribution in [0.5, 0.6) is 5.75 Å². The number of ether oxygens (including phenoxy) is 2. The summed E-state index contributed by atoms with van der Waals surface area (Å²) in [6, 6.07) is 2.71. The number of rotatable bonds is 3. The van der Waals surface area contributed by atoms with E-state index in [4.69, 9.17) is 10.0 Å². The summed E-state index contributed by atoms with van der Waals surface area (Å²) in [7, 11) is -0.985. The number of carbonyl (C=O) groups excluding carboxylic acids is 1. The summed E-state index contributed by atoms with van der Waals surface area (Å²) < 4.78 is 44.3. The van der Waals surface area contributed by atoms with Gasteiger partial charge in [-0.2, -0.15) is 0 Å². The lowest BCUT2D eigenvalue weighted by molar-refractivity contribution is -0.274. The molecule has 0 saturated carbocycles. The quantitative estimate of drug-likeness (QED) is 0.596. The van der Waals surface area contributed by atoms with Crippen molar-refractivity contribution in [1.82, 2.24) is 0 Å². The van der Waals surface area contributed by atoms with Crippen molar-refractivity contribution >= 4 is 18.6 Å². The van der Waals surface area contributed by atoms with Crippen LogP contribution in [0, 0.1) is 0 Å². The van der Waals surface area contributed by atoms with Gasteiger partial charge in [0.05, 0.1) is 7.11 Å². The molecule has 0 aliphatic heterocycles. The molecule has 0 saturated heterocycles. The number of alkyl halides is 3. The average molecular weight is 264 g/mol. The van der Waals surface area contributed by atoms with Crippen molar-refractivity contribution in [1.29, 1.82) is 0 Å². The molecule has 0 aromatic heterocycles. The summed E-state index contributed by atoms with van der Waals surface area (Å²) in [5.41, 5.74) is -0.721. The van der Waals surface area contributed by atoms with Gasteiger partial charge in [0.25, 0.3) is 0 Å². The van der Waals surface area contributed by atoms with Crippen LogP contribution in [-0.4, -0.2) is 36.6 Å². The number of benzene rings is 1. The molecule has 0 spiro atoms. The van der Waals surface area contributed by atoms with E-state index in [0.29, 0.717) is 6.07 Å². The summed E-state index contributed by atoms with van der Waals surface area (Å²) in [5.74, 6) is -1.90. The third kappa shape index (κ3) is 3.64. The Morgan fingerprint density at radius 3 is 2.39 bits per heavy atom. The van der Waals surface area contributed by atoms with Gasteiger partial charge in [-0.05, 0) is 17.6 Å². The molecule has 0 aliphatic rings. The van der Waals surface area contributed by atoms with E-state index < -0.39 is 30.8 Å². The highest BCUT2D eigenvalue weighted by atomic mass is 19.4. The molecule has 0 aliphatic carbocycles. The van der Waals surface area contributed by atoms with Crippen molar-refractivity contribution in [2.24, 2.45) is 0 Å². The minimum Gasteiger partial charge on any atom is -0.465 e. The predicted molar refractivity (Wildman–Crippen MR) is 54.3 cm³/mol. The molecule has 5 nitrogen and oxygen atoms in total. The lowest BCUT2D eigenvalue weighted by Crippen LogP contribution is -2.31. The predicted octanol–water partition coefficient (Wildman–Crippen LogP) is 0.0516. The maximum Gasteiger partial charge on any atom is 0.573 e. The molecule has 9 heteroatoms. The number of halogens is 3. The first-order valence-electron chi connectivity index (χ1n) is 4.58. The van der Waals surface area contributed by atoms with E-state index in [9.17, 15) is 18.0 Å². The molecule has 0 heterocycles. The Bertz CT molecular complexity index is 446. The molecule has 98 valence electrons. The second-order valence-corrected chi connectivity index (χ2v) is 3.17. The van der Waals surface area contributed by atoms with Gasteiger partial charge in [-0.15, -0.1) is 13.2 Å². The van der Waals surface area contributed by atoms with Crippen molar-refractivity contribution in [2.45, 2.75) is 6.36 Å². The highest BCUT2D eigenvalue weighted by molar-refractivity contribution is 6.58. The van der Waals surface area contributed by atoms with Crippen molar-refractivity contribution in [3.8, 4) is 5.75 Å². The molecule has 1 rings (SSSR count). The topological polar surface area (TPSA) is 76.0 Å². The fourth-order valence-electron chi connectivity index (χ4n) is 1.19. The van der Waals surface area contributed by atoms with Crippen molar-refractivity contribution < 1.29 is 37.5 Å². The zero-order chi connectivity index (χ0) is 13.9.